The molecule has 0 N–H and O–H groups in total. The first-order valence-electron chi connectivity index (χ1n) is 29.0. The minimum absolute atomic E-state index is 0.000807. The van der Waals surface area contributed by atoms with E-state index in [1.165, 1.54) is 122 Å². The molecule has 0 atom stereocenters. The second-order valence-corrected chi connectivity index (χ2v) is 28.0. The molecule has 6 aromatic rings. The maximum absolute atomic E-state index is 6.69. The SMILES string of the molecule is CC(C)CCC1(CCC(C)C)c2cc(B3OC(C)(C)C(C)(C)O3)ccc2-c2ccc(-c3ccc4c(c3)C(C)(C)c3cc(-c5ccc6c(c5)C(CCC(C)C)(CCC(C)C)c5cc(C(C)(C)C)ccc5-6)ccc3-4)cc21. The third kappa shape index (κ3) is 8.90. The lowest BCUT2D eigenvalue weighted by Gasteiger charge is -2.35. The van der Waals surface area contributed by atoms with E-state index >= 15 is 0 Å². The number of benzene rings is 6. The van der Waals surface area contributed by atoms with E-state index in [-0.39, 0.29) is 28.8 Å². The van der Waals surface area contributed by atoms with Crippen LogP contribution in [0.1, 0.15) is 208 Å². The molecule has 0 spiro atoms. The van der Waals surface area contributed by atoms with Gasteiger partial charge in [0.05, 0.1) is 11.2 Å². The molecule has 1 heterocycles. The summed E-state index contributed by atoms with van der Waals surface area (Å²) in [5.41, 5.74) is 24.2. The minimum Gasteiger partial charge on any atom is -0.399 e. The van der Waals surface area contributed by atoms with Crippen LogP contribution in [0.5, 0.6) is 0 Å². The molecule has 0 amide bonds. The third-order valence-corrected chi connectivity index (χ3v) is 19.1. The molecule has 10 rings (SSSR count). The summed E-state index contributed by atoms with van der Waals surface area (Å²) in [4.78, 5) is 0. The second-order valence-electron chi connectivity index (χ2n) is 28.0. The lowest BCUT2D eigenvalue weighted by Crippen LogP contribution is -2.41. The first-order valence-corrected chi connectivity index (χ1v) is 29.0. The molecule has 0 unspecified atom stereocenters. The van der Waals surface area contributed by atoms with Gasteiger partial charge in [-0.2, -0.15) is 0 Å². The molecule has 4 aliphatic rings. The zero-order valence-corrected chi connectivity index (χ0v) is 48.8. The molecule has 3 aliphatic carbocycles. The van der Waals surface area contributed by atoms with Crippen molar-refractivity contribution in [1.82, 2.24) is 0 Å². The highest BCUT2D eigenvalue weighted by molar-refractivity contribution is 6.62. The summed E-state index contributed by atoms with van der Waals surface area (Å²) in [7, 11) is -0.389. The molecular formula is C71H89BO2. The van der Waals surface area contributed by atoms with Crippen molar-refractivity contribution in [2.24, 2.45) is 23.7 Å². The summed E-state index contributed by atoms with van der Waals surface area (Å²) in [6.45, 7) is 39.8. The van der Waals surface area contributed by atoms with Crippen LogP contribution in [0, 0.1) is 23.7 Å². The summed E-state index contributed by atoms with van der Waals surface area (Å²) in [5.74, 6) is 2.51. The van der Waals surface area contributed by atoms with Gasteiger partial charge >= 0.3 is 7.12 Å². The van der Waals surface area contributed by atoms with E-state index in [2.05, 4.69) is 227 Å². The van der Waals surface area contributed by atoms with Crippen LogP contribution in [0.25, 0.3) is 55.6 Å². The third-order valence-electron chi connectivity index (χ3n) is 19.1. The Balaban J connectivity index is 1.02. The van der Waals surface area contributed by atoms with Gasteiger partial charge in [0.25, 0.3) is 0 Å². The Kier molecular flexibility index (Phi) is 13.4. The van der Waals surface area contributed by atoms with Crippen LogP contribution in [0.3, 0.4) is 0 Å². The molecule has 2 nitrogen and oxygen atoms in total. The Hall–Kier alpha value is -4.70. The van der Waals surface area contributed by atoms with Gasteiger partial charge in [-0.15, -0.1) is 0 Å². The van der Waals surface area contributed by atoms with E-state index in [0.717, 1.165) is 18.3 Å². The Bertz CT molecular complexity index is 3070. The lowest BCUT2D eigenvalue weighted by atomic mass is 9.67. The average Bonchev–Trinajstić information content (AvgIpc) is 3.94. The van der Waals surface area contributed by atoms with Crippen molar-refractivity contribution < 1.29 is 9.31 Å². The molecule has 3 heteroatoms. The highest BCUT2D eigenvalue weighted by Gasteiger charge is 2.53. The lowest BCUT2D eigenvalue weighted by molar-refractivity contribution is 0.00578. The van der Waals surface area contributed by atoms with Crippen molar-refractivity contribution in [3.8, 4) is 55.6 Å². The van der Waals surface area contributed by atoms with Crippen molar-refractivity contribution in [1.29, 1.82) is 0 Å². The van der Waals surface area contributed by atoms with Gasteiger partial charge in [0.2, 0.25) is 0 Å². The molecular weight excluding hydrogens is 896 g/mol. The quantitative estimate of drug-likeness (QED) is 0.0955. The Morgan fingerprint density at radius 2 is 0.676 bits per heavy atom. The van der Waals surface area contributed by atoms with E-state index in [1.54, 1.807) is 11.1 Å². The van der Waals surface area contributed by atoms with Gasteiger partial charge in [-0.3, -0.25) is 0 Å². The highest BCUT2D eigenvalue weighted by Crippen LogP contribution is 2.59. The van der Waals surface area contributed by atoms with E-state index in [0.29, 0.717) is 23.7 Å². The van der Waals surface area contributed by atoms with E-state index in [4.69, 9.17) is 9.31 Å². The number of rotatable bonds is 15. The molecule has 0 bridgehead atoms. The van der Waals surface area contributed by atoms with Crippen LogP contribution >= 0.6 is 0 Å². The fourth-order valence-electron chi connectivity index (χ4n) is 13.5. The zero-order chi connectivity index (χ0) is 53.1. The molecule has 1 aliphatic heterocycles. The number of fused-ring (bicyclic) bond motifs is 9. The molecule has 0 aromatic heterocycles. The zero-order valence-electron chi connectivity index (χ0n) is 48.8. The molecule has 388 valence electrons. The predicted molar refractivity (Wildman–Crippen MR) is 318 cm³/mol. The molecule has 6 aromatic carbocycles. The minimum atomic E-state index is -0.393. The van der Waals surface area contributed by atoms with Crippen molar-refractivity contribution in [3.63, 3.8) is 0 Å². The molecule has 0 saturated carbocycles. The van der Waals surface area contributed by atoms with Gasteiger partial charge in [0.1, 0.15) is 0 Å². The normalized spacial score (nSPS) is 18.0. The summed E-state index contributed by atoms with van der Waals surface area (Å²) in [6.07, 6.45) is 9.38. The van der Waals surface area contributed by atoms with Gasteiger partial charge in [0.15, 0.2) is 0 Å². The van der Waals surface area contributed by atoms with Crippen molar-refractivity contribution >= 4 is 12.6 Å². The molecule has 0 radical (unpaired) electrons. The summed E-state index contributed by atoms with van der Waals surface area (Å²) in [6, 6.07) is 44.3. The molecule has 74 heavy (non-hydrogen) atoms. The van der Waals surface area contributed by atoms with Crippen LogP contribution in [-0.4, -0.2) is 18.3 Å². The Morgan fingerprint density at radius 3 is 1.03 bits per heavy atom. The first-order chi connectivity index (χ1) is 34.8. The van der Waals surface area contributed by atoms with Crippen LogP contribution in [0.4, 0.5) is 0 Å². The van der Waals surface area contributed by atoms with Crippen LogP contribution in [-0.2, 0) is 31.0 Å². The van der Waals surface area contributed by atoms with Gasteiger partial charge in [-0.05, 0) is 232 Å². The number of hydrogen-bond donors (Lipinski definition) is 0. The van der Waals surface area contributed by atoms with Crippen LogP contribution < -0.4 is 5.46 Å². The van der Waals surface area contributed by atoms with Crippen molar-refractivity contribution in [2.45, 2.75) is 202 Å². The van der Waals surface area contributed by atoms with Gasteiger partial charge in [-0.1, -0.05) is 175 Å². The van der Waals surface area contributed by atoms with E-state index < -0.39 is 11.2 Å². The molecule has 1 fully saturated rings. The summed E-state index contributed by atoms with van der Waals surface area (Å²) >= 11 is 0. The largest absolute Gasteiger partial charge is 0.494 e. The van der Waals surface area contributed by atoms with Crippen molar-refractivity contribution in [2.75, 3.05) is 0 Å². The summed E-state index contributed by atoms with van der Waals surface area (Å²) in [5, 5.41) is 0. The smallest absolute Gasteiger partial charge is 0.399 e. The van der Waals surface area contributed by atoms with Crippen molar-refractivity contribution in [3.05, 3.63) is 148 Å². The molecule has 1 saturated heterocycles. The van der Waals surface area contributed by atoms with Gasteiger partial charge < -0.3 is 9.31 Å². The van der Waals surface area contributed by atoms with Crippen LogP contribution in [0.15, 0.2) is 109 Å². The monoisotopic (exact) mass is 985 g/mol. The standard InChI is InChI=1S/C71H89BO2/c1-44(2)30-34-70(35-31-45(3)4)62-40-50(20-26-56(62)58-28-22-52(42-64(58)70)66(9,10)11)48-18-24-54-55-25-19-49(39-61(55)67(12,13)60(54)38-48)51-21-27-57-59-29-23-53(72-73-68(14,15)69(16,17)74-72)43-65(59)71(63(57)41-51,36-32-46(5)6)37-33-47(7)8/h18-29,38-47H,30-37H2,1-17H3. The average molecular weight is 985 g/mol. The predicted octanol–water partition coefficient (Wildman–Crippen LogP) is 19.2. The fraction of sp³-hybridized carbons (Fsp3) is 0.493. The van der Waals surface area contributed by atoms with E-state index in [1.807, 2.05) is 0 Å². The van der Waals surface area contributed by atoms with E-state index in [9.17, 15) is 0 Å². The Labute approximate surface area is 449 Å². The first kappa shape index (κ1) is 52.7. The van der Waals surface area contributed by atoms with Gasteiger partial charge in [-0.25, -0.2) is 0 Å². The maximum Gasteiger partial charge on any atom is 0.494 e. The van der Waals surface area contributed by atoms with Gasteiger partial charge in [0, 0.05) is 16.2 Å². The maximum atomic E-state index is 6.69. The fourth-order valence-corrected chi connectivity index (χ4v) is 13.5. The van der Waals surface area contributed by atoms with Crippen LogP contribution in [0.2, 0.25) is 0 Å². The summed E-state index contributed by atoms with van der Waals surface area (Å²) < 4.78 is 13.4. The Morgan fingerprint density at radius 1 is 0.378 bits per heavy atom. The highest BCUT2D eigenvalue weighted by atomic mass is 16.7. The second kappa shape index (κ2) is 18.8. The number of hydrogen-bond acceptors (Lipinski definition) is 2. The topological polar surface area (TPSA) is 18.5 Å².